The number of ether oxygens (including phenoxy) is 2. The number of nitrogens with zero attached hydrogens (tertiary/aromatic N) is 1. The fourth-order valence-electron chi connectivity index (χ4n) is 0.973. The average Bonchev–Trinajstić information content (AvgIpc) is 2.18. The first-order chi connectivity index (χ1) is 7.15. The van der Waals surface area contributed by atoms with E-state index in [0.29, 0.717) is 6.61 Å². The van der Waals surface area contributed by atoms with Crippen molar-refractivity contribution in [2.75, 3.05) is 6.61 Å². The van der Waals surface area contributed by atoms with Gasteiger partial charge in [0.2, 0.25) is 5.75 Å². The maximum Gasteiger partial charge on any atom is 0.311 e. The van der Waals surface area contributed by atoms with Gasteiger partial charge in [0, 0.05) is 12.7 Å². The zero-order valence-electron chi connectivity index (χ0n) is 8.05. The summed E-state index contributed by atoms with van der Waals surface area (Å²) >= 11 is 3.09. The molecular weight excluding hydrogens is 266 g/mol. The van der Waals surface area contributed by atoms with Crippen molar-refractivity contribution in [2.24, 2.45) is 0 Å². The van der Waals surface area contributed by atoms with Gasteiger partial charge in [-0.3, -0.25) is 10.1 Å². The number of benzene rings is 1. The minimum atomic E-state index is -0.677. The van der Waals surface area contributed by atoms with Crippen molar-refractivity contribution in [3.8, 4) is 5.75 Å². The third-order valence-electron chi connectivity index (χ3n) is 1.58. The Bertz CT molecular complexity index is 345. The lowest BCUT2D eigenvalue weighted by Crippen LogP contribution is -2.13. The molecule has 0 fully saturated rings. The molecule has 1 atom stereocenters. The summed E-state index contributed by atoms with van der Waals surface area (Å²) in [7, 11) is 0. The molecule has 0 aliphatic carbocycles. The second-order valence-electron chi connectivity index (χ2n) is 2.57. The molecule has 0 saturated carbocycles. The minimum Gasteiger partial charge on any atom is -0.448 e. The van der Waals surface area contributed by atoms with Gasteiger partial charge in [0.1, 0.15) is 0 Å². The van der Waals surface area contributed by atoms with E-state index in [4.69, 9.17) is 9.47 Å². The highest BCUT2D eigenvalue weighted by atomic mass is 79.9. The largest absolute Gasteiger partial charge is 0.448 e. The Kier molecular flexibility index (Phi) is 4.51. The fourth-order valence-corrected chi connectivity index (χ4v) is 1.44. The van der Waals surface area contributed by atoms with Gasteiger partial charge in [-0.05, 0) is 28.9 Å². The third kappa shape index (κ3) is 3.49. The lowest BCUT2D eigenvalue weighted by Gasteiger charge is -2.12. The molecule has 0 bridgehead atoms. The van der Waals surface area contributed by atoms with Gasteiger partial charge in [-0.2, -0.15) is 0 Å². The van der Waals surface area contributed by atoms with Gasteiger partial charge in [-0.15, -0.1) is 0 Å². The molecule has 0 amide bonds. The Labute approximate surface area is 95.3 Å². The fraction of sp³-hybridized carbons (Fsp3) is 0.333. The van der Waals surface area contributed by atoms with Gasteiger partial charge in [0.25, 0.3) is 5.20 Å². The number of para-hydroxylation sites is 2. The monoisotopic (exact) mass is 275 g/mol. The van der Waals surface area contributed by atoms with E-state index >= 15 is 0 Å². The summed E-state index contributed by atoms with van der Waals surface area (Å²) in [6.45, 7) is 2.26. The van der Waals surface area contributed by atoms with Crippen LogP contribution in [0.1, 0.15) is 6.92 Å². The molecule has 1 unspecified atom stereocenters. The van der Waals surface area contributed by atoms with E-state index in [1.165, 1.54) is 12.1 Å². The van der Waals surface area contributed by atoms with Crippen molar-refractivity contribution in [3.63, 3.8) is 0 Å². The van der Waals surface area contributed by atoms with E-state index in [-0.39, 0.29) is 11.4 Å². The van der Waals surface area contributed by atoms with Crippen LogP contribution < -0.4 is 4.74 Å². The zero-order valence-corrected chi connectivity index (χ0v) is 9.64. The summed E-state index contributed by atoms with van der Waals surface area (Å²) in [5.74, 6) is 0.179. The number of hydrogen-bond donors (Lipinski definition) is 0. The van der Waals surface area contributed by atoms with Gasteiger partial charge >= 0.3 is 5.69 Å². The Morgan fingerprint density at radius 1 is 1.53 bits per heavy atom. The zero-order chi connectivity index (χ0) is 11.3. The average molecular weight is 276 g/mol. The summed E-state index contributed by atoms with van der Waals surface area (Å²) in [5, 5.41) is 9.95. The van der Waals surface area contributed by atoms with Gasteiger partial charge in [-0.1, -0.05) is 12.1 Å². The molecule has 15 heavy (non-hydrogen) atoms. The Morgan fingerprint density at radius 3 is 2.80 bits per heavy atom. The molecule has 6 heteroatoms. The number of rotatable bonds is 5. The first kappa shape index (κ1) is 11.9. The molecule has 0 aliphatic rings. The molecular formula is C9H10BrNO4. The molecule has 0 spiro atoms. The SMILES string of the molecule is CCOC(Br)Oc1ccccc1[N+](=O)[O-]. The first-order valence-electron chi connectivity index (χ1n) is 4.31. The molecule has 0 heterocycles. The topological polar surface area (TPSA) is 61.6 Å². The second-order valence-corrected chi connectivity index (χ2v) is 3.32. The molecule has 0 radical (unpaired) electrons. The van der Waals surface area contributed by atoms with Crippen molar-refractivity contribution in [1.82, 2.24) is 0 Å². The van der Waals surface area contributed by atoms with Gasteiger partial charge in [-0.25, -0.2) is 0 Å². The molecule has 0 aromatic heterocycles. The maximum atomic E-state index is 10.6. The maximum absolute atomic E-state index is 10.6. The van der Waals surface area contributed by atoms with Crippen LogP contribution in [0, 0.1) is 10.1 Å². The van der Waals surface area contributed by atoms with Crippen LogP contribution in [-0.4, -0.2) is 16.7 Å². The van der Waals surface area contributed by atoms with Crippen LogP contribution >= 0.6 is 15.9 Å². The Morgan fingerprint density at radius 2 is 2.20 bits per heavy atom. The lowest BCUT2D eigenvalue weighted by molar-refractivity contribution is -0.386. The third-order valence-corrected chi connectivity index (χ3v) is 2.03. The Balaban J connectivity index is 2.79. The minimum absolute atomic E-state index is 0.0818. The van der Waals surface area contributed by atoms with Crippen LogP contribution in [0.25, 0.3) is 0 Å². The van der Waals surface area contributed by atoms with Crippen LogP contribution in [0.5, 0.6) is 5.75 Å². The van der Waals surface area contributed by atoms with E-state index in [1.807, 2.05) is 0 Å². The number of nitro groups is 1. The number of alkyl halides is 1. The van der Waals surface area contributed by atoms with E-state index in [2.05, 4.69) is 15.9 Å². The lowest BCUT2D eigenvalue weighted by atomic mass is 10.3. The number of hydrogen-bond acceptors (Lipinski definition) is 4. The second kappa shape index (κ2) is 5.67. The van der Waals surface area contributed by atoms with Crippen molar-refractivity contribution in [1.29, 1.82) is 0 Å². The van der Waals surface area contributed by atoms with Crippen molar-refractivity contribution >= 4 is 21.6 Å². The van der Waals surface area contributed by atoms with Gasteiger partial charge in [0.15, 0.2) is 0 Å². The van der Waals surface area contributed by atoms with Gasteiger partial charge in [0.05, 0.1) is 4.92 Å². The highest BCUT2D eigenvalue weighted by Crippen LogP contribution is 2.27. The van der Waals surface area contributed by atoms with Crippen LogP contribution in [-0.2, 0) is 4.74 Å². The smallest absolute Gasteiger partial charge is 0.311 e. The predicted octanol–water partition coefficient (Wildman–Crippen LogP) is 2.69. The summed E-state index contributed by atoms with van der Waals surface area (Å²) in [6, 6.07) is 6.13. The Hall–Kier alpha value is -1.14. The van der Waals surface area contributed by atoms with Crippen LogP contribution in [0.2, 0.25) is 0 Å². The molecule has 0 aliphatic heterocycles. The highest BCUT2D eigenvalue weighted by Gasteiger charge is 2.16. The van der Waals surface area contributed by atoms with E-state index in [0.717, 1.165) is 0 Å². The van der Waals surface area contributed by atoms with Crippen LogP contribution in [0.3, 0.4) is 0 Å². The standard InChI is InChI=1S/C9H10BrNO4/c1-2-14-9(10)15-8-6-4-3-5-7(8)11(12)13/h3-6,9H,2H2,1H3. The molecule has 82 valence electrons. The van der Waals surface area contributed by atoms with E-state index in [1.54, 1.807) is 19.1 Å². The summed E-state index contributed by atoms with van der Waals surface area (Å²) < 4.78 is 10.3. The van der Waals surface area contributed by atoms with Crippen molar-refractivity contribution in [2.45, 2.75) is 12.1 Å². The number of nitro benzene ring substituents is 1. The predicted molar refractivity (Wildman–Crippen MR) is 58.1 cm³/mol. The van der Waals surface area contributed by atoms with Crippen molar-refractivity contribution < 1.29 is 14.4 Å². The quantitative estimate of drug-likeness (QED) is 0.359. The summed E-state index contributed by atoms with van der Waals surface area (Å²) in [6.07, 6.45) is 0. The van der Waals surface area contributed by atoms with Crippen LogP contribution in [0.15, 0.2) is 24.3 Å². The molecule has 1 rings (SSSR count). The molecule has 1 aromatic rings. The van der Waals surface area contributed by atoms with Crippen LogP contribution in [0.4, 0.5) is 5.69 Å². The first-order valence-corrected chi connectivity index (χ1v) is 5.22. The van der Waals surface area contributed by atoms with E-state index in [9.17, 15) is 10.1 Å². The van der Waals surface area contributed by atoms with Crippen molar-refractivity contribution in [3.05, 3.63) is 34.4 Å². The highest BCUT2D eigenvalue weighted by molar-refractivity contribution is 9.09. The van der Waals surface area contributed by atoms with E-state index < -0.39 is 10.1 Å². The molecule has 0 saturated heterocycles. The molecule has 0 N–H and O–H groups in total. The summed E-state index contributed by atoms with van der Waals surface area (Å²) in [5.41, 5.74) is -0.0818. The summed E-state index contributed by atoms with van der Waals surface area (Å²) in [4.78, 5) is 10.1. The normalized spacial score (nSPS) is 12.1. The number of halogens is 1. The molecule has 5 nitrogen and oxygen atoms in total. The molecule has 1 aromatic carbocycles. The van der Waals surface area contributed by atoms with Gasteiger partial charge < -0.3 is 9.47 Å².